The summed E-state index contributed by atoms with van der Waals surface area (Å²) >= 11 is 0. The van der Waals surface area contributed by atoms with Gasteiger partial charge >= 0.3 is 6.18 Å². The molecular weight excluding hydrogens is 447 g/mol. The van der Waals surface area contributed by atoms with Crippen LogP contribution in [0.4, 0.5) is 13.2 Å². The maximum absolute atomic E-state index is 12.8. The number of halogens is 3. The molecule has 1 fully saturated rings. The number of aliphatic hydroxyl groups excluding tert-OH is 3. The van der Waals surface area contributed by atoms with Crippen molar-refractivity contribution in [2.45, 2.75) is 76.4 Å². The Bertz CT molecular complexity index is 825. The van der Waals surface area contributed by atoms with Gasteiger partial charge in [-0.2, -0.15) is 13.2 Å². The number of carbonyl (C=O) groups is 1. The van der Waals surface area contributed by atoms with Crippen LogP contribution in [0.1, 0.15) is 56.6 Å². The Balaban J connectivity index is 1.84. The molecule has 0 aromatic heterocycles. The SMILES string of the molecule is CCNC(=O)CCCC=CC[C@@H]1[C@@H](C=C[C@@H](O)CCc2cccc(C(F)(F)F)c2)[C@H](O)C[C@@H]1O. The Hall–Kier alpha value is -2.16. The quantitative estimate of drug-likeness (QED) is 0.265. The van der Waals surface area contributed by atoms with E-state index in [1.165, 1.54) is 6.07 Å². The Morgan fingerprint density at radius 1 is 1.24 bits per heavy atom. The van der Waals surface area contributed by atoms with Crippen molar-refractivity contribution in [1.82, 2.24) is 5.32 Å². The van der Waals surface area contributed by atoms with Gasteiger partial charge in [0, 0.05) is 25.3 Å². The summed E-state index contributed by atoms with van der Waals surface area (Å²) in [4.78, 5) is 11.4. The fourth-order valence-electron chi connectivity index (χ4n) is 4.31. The molecule has 5 nitrogen and oxygen atoms in total. The monoisotopic (exact) mass is 483 g/mol. The van der Waals surface area contributed by atoms with Gasteiger partial charge in [-0.25, -0.2) is 0 Å². The summed E-state index contributed by atoms with van der Waals surface area (Å²) < 4.78 is 38.5. The summed E-state index contributed by atoms with van der Waals surface area (Å²) in [6.07, 6.45) is 3.84. The summed E-state index contributed by atoms with van der Waals surface area (Å²) in [5.41, 5.74) is -0.216. The highest BCUT2D eigenvalue weighted by Gasteiger charge is 2.39. The van der Waals surface area contributed by atoms with Crippen molar-refractivity contribution >= 4 is 5.91 Å². The number of hydrogen-bond acceptors (Lipinski definition) is 4. The fourth-order valence-corrected chi connectivity index (χ4v) is 4.31. The van der Waals surface area contributed by atoms with E-state index >= 15 is 0 Å². The maximum Gasteiger partial charge on any atom is 0.416 e. The molecule has 4 N–H and O–H groups in total. The minimum Gasteiger partial charge on any atom is -0.393 e. The van der Waals surface area contributed by atoms with Crippen molar-refractivity contribution in [3.63, 3.8) is 0 Å². The lowest BCUT2D eigenvalue weighted by Gasteiger charge is -2.19. The van der Waals surface area contributed by atoms with Gasteiger partial charge in [0.1, 0.15) is 0 Å². The van der Waals surface area contributed by atoms with E-state index in [4.69, 9.17) is 0 Å². The second-order valence-electron chi connectivity index (χ2n) is 8.85. The zero-order chi connectivity index (χ0) is 25.1. The van der Waals surface area contributed by atoms with Crippen molar-refractivity contribution in [1.29, 1.82) is 0 Å². The van der Waals surface area contributed by atoms with Gasteiger partial charge in [-0.05, 0) is 56.6 Å². The number of unbranched alkanes of at least 4 members (excludes halogenated alkanes) is 1. The molecule has 1 amide bonds. The zero-order valence-corrected chi connectivity index (χ0v) is 19.5. The molecule has 1 aromatic carbocycles. The van der Waals surface area contributed by atoms with Crippen LogP contribution in [-0.4, -0.2) is 46.1 Å². The minimum absolute atomic E-state index is 0.0297. The highest BCUT2D eigenvalue weighted by atomic mass is 19.4. The van der Waals surface area contributed by atoms with Crippen molar-refractivity contribution in [3.8, 4) is 0 Å². The summed E-state index contributed by atoms with van der Waals surface area (Å²) in [5, 5.41) is 33.7. The smallest absolute Gasteiger partial charge is 0.393 e. The van der Waals surface area contributed by atoms with Gasteiger partial charge < -0.3 is 20.6 Å². The molecule has 0 unspecified atom stereocenters. The van der Waals surface area contributed by atoms with Crippen molar-refractivity contribution in [3.05, 3.63) is 59.7 Å². The van der Waals surface area contributed by atoms with E-state index < -0.39 is 30.1 Å². The first-order valence-electron chi connectivity index (χ1n) is 11.9. The van der Waals surface area contributed by atoms with Crippen molar-refractivity contribution in [2.24, 2.45) is 11.8 Å². The minimum atomic E-state index is -4.40. The second-order valence-corrected chi connectivity index (χ2v) is 8.85. The van der Waals surface area contributed by atoms with Gasteiger partial charge in [0.15, 0.2) is 0 Å². The lowest BCUT2D eigenvalue weighted by Crippen LogP contribution is -2.21. The van der Waals surface area contributed by atoms with Crippen LogP contribution < -0.4 is 5.32 Å². The summed E-state index contributed by atoms with van der Waals surface area (Å²) in [6.45, 7) is 2.49. The van der Waals surface area contributed by atoms with Crippen LogP contribution in [0.2, 0.25) is 0 Å². The van der Waals surface area contributed by atoms with Crippen LogP contribution >= 0.6 is 0 Å². The number of carbonyl (C=O) groups excluding carboxylic acids is 1. The molecule has 2 rings (SSSR count). The highest BCUT2D eigenvalue weighted by molar-refractivity contribution is 5.75. The zero-order valence-electron chi connectivity index (χ0n) is 19.5. The van der Waals surface area contributed by atoms with Crippen LogP contribution in [0.15, 0.2) is 48.6 Å². The van der Waals surface area contributed by atoms with E-state index in [1.54, 1.807) is 18.2 Å². The molecule has 0 radical (unpaired) electrons. The third kappa shape index (κ3) is 9.24. The van der Waals surface area contributed by atoms with Crippen LogP contribution in [0, 0.1) is 11.8 Å². The van der Waals surface area contributed by atoms with E-state index in [0.29, 0.717) is 24.9 Å². The van der Waals surface area contributed by atoms with Gasteiger partial charge in [0.25, 0.3) is 0 Å². The van der Waals surface area contributed by atoms with Gasteiger partial charge in [0.2, 0.25) is 5.91 Å². The van der Waals surface area contributed by atoms with Crippen molar-refractivity contribution < 1.29 is 33.3 Å². The molecule has 1 saturated carbocycles. The lowest BCUT2D eigenvalue weighted by molar-refractivity contribution is -0.137. The second kappa shape index (κ2) is 13.7. The number of allylic oxidation sites excluding steroid dienone is 2. The molecule has 1 aliphatic rings. The predicted octanol–water partition coefficient (Wildman–Crippen LogP) is 4.17. The van der Waals surface area contributed by atoms with Gasteiger partial charge in [-0.15, -0.1) is 0 Å². The van der Waals surface area contributed by atoms with Crippen molar-refractivity contribution in [2.75, 3.05) is 6.54 Å². The van der Waals surface area contributed by atoms with Crippen LogP contribution in [0.25, 0.3) is 0 Å². The number of nitrogens with one attached hydrogen (secondary N) is 1. The first-order chi connectivity index (χ1) is 16.1. The first kappa shape index (κ1) is 28.1. The average Bonchev–Trinajstić information content (AvgIpc) is 3.05. The highest BCUT2D eigenvalue weighted by Crippen LogP contribution is 2.36. The molecule has 0 heterocycles. The standard InChI is InChI=1S/C26H36F3NO4/c1-2-30-25(34)11-6-4-3-5-10-21-22(24(33)17-23(21)32)15-14-20(31)13-12-18-8-7-9-19(16-18)26(27,28)29/h3,5,7-9,14-16,20-24,31-33H,2,4,6,10-13,17H2,1H3,(H,30,34)/t20-,21+,22+,23-,24+/m0/s1. The normalized spacial score (nSPS) is 24.2. The van der Waals surface area contributed by atoms with E-state index in [0.717, 1.165) is 25.0 Å². The Labute approximate surface area is 199 Å². The Kier molecular flexibility index (Phi) is 11.3. The van der Waals surface area contributed by atoms with E-state index in [9.17, 15) is 33.3 Å². The number of amides is 1. The molecule has 0 saturated heterocycles. The molecule has 34 heavy (non-hydrogen) atoms. The number of alkyl halides is 3. The van der Waals surface area contributed by atoms with Gasteiger partial charge in [0.05, 0.1) is 23.9 Å². The molecule has 1 aliphatic carbocycles. The molecule has 0 aliphatic heterocycles. The topological polar surface area (TPSA) is 89.8 Å². The van der Waals surface area contributed by atoms with Crippen LogP contribution in [-0.2, 0) is 17.4 Å². The van der Waals surface area contributed by atoms with Gasteiger partial charge in [-0.3, -0.25) is 4.79 Å². The molecule has 1 aromatic rings. The molecule has 5 atom stereocenters. The third-order valence-electron chi connectivity index (χ3n) is 6.18. The largest absolute Gasteiger partial charge is 0.416 e. The number of aliphatic hydroxyl groups is 3. The maximum atomic E-state index is 12.8. The average molecular weight is 484 g/mol. The molecule has 190 valence electrons. The third-order valence-corrected chi connectivity index (χ3v) is 6.18. The first-order valence-corrected chi connectivity index (χ1v) is 11.9. The number of rotatable bonds is 12. The molecule has 8 heteroatoms. The van der Waals surface area contributed by atoms with Crippen LogP contribution in [0.5, 0.6) is 0 Å². The molecule has 0 bridgehead atoms. The molecule has 0 spiro atoms. The summed E-state index contributed by atoms with van der Waals surface area (Å²) in [5.74, 6) is -0.484. The fraction of sp³-hybridized carbons (Fsp3) is 0.577. The predicted molar refractivity (Wildman–Crippen MR) is 125 cm³/mol. The Morgan fingerprint density at radius 2 is 2.00 bits per heavy atom. The van der Waals surface area contributed by atoms with Gasteiger partial charge in [-0.1, -0.05) is 42.5 Å². The van der Waals surface area contributed by atoms with E-state index in [1.807, 2.05) is 19.1 Å². The molecular formula is C26H36F3NO4. The number of aryl methyl sites for hydroxylation is 1. The Morgan fingerprint density at radius 3 is 2.71 bits per heavy atom. The number of benzene rings is 1. The van der Waals surface area contributed by atoms with Crippen LogP contribution in [0.3, 0.4) is 0 Å². The van der Waals surface area contributed by atoms with E-state index in [-0.39, 0.29) is 37.0 Å². The summed E-state index contributed by atoms with van der Waals surface area (Å²) in [7, 11) is 0. The van der Waals surface area contributed by atoms with E-state index in [2.05, 4.69) is 5.32 Å². The number of hydrogen-bond donors (Lipinski definition) is 4. The lowest BCUT2D eigenvalue weighted by atomic mass is 9.89. The summed E-state index contributed by atoms with van der Waals surface area (Å²) in [6, 6.07) is 5.06.